The molecule has 0 aliphatic heterocycles. The summed E-state index contributed by atoms with van der Waals surface area (Å²) in [7, 11) is 0. The molecule has 176 valence electrons. The van der Waals surface area contributed by atoms with E-state index in [-0.39, 0.29) is 12.4 Å². The molecule has 0 radical (unpaired) electrons. The number of aryl methyl sites for hydroxylation is 1. The highest BCUT2D eigenvalue weighted by Crippen LogP contribution is 2.30. The molecule has 0 saturated heterocycles. The number of aromatic amines is 1. The molecule has 0 spiro atoms. The molecule has 4 aromatic rings. The number of pyridine rings is 2. The highest BCUT2D eigenvalue weighted by Gasteiger charge is 2.19. The van der Waals surface area contributed by atoms with Gasteiger partial charge in [0.1, 0.15) is 11.5 Å². The first-order valence-corrected chi connectivity index (χ1v) is 10.4. The van der Waals surface area contributed by atoms with Crippen molar-refractivity contribution >= 4 is 22.8 Å². The Morgan fingerprint density at radius 2 is 2.00 bits per heavy atom. The molecule has 9 nitrogen and oxygen atoms in total. The van der Waals surface area contributed by atoms with E-state index in [1.807, 2.05) is 13.0 Å². The number of benzene rings is 1. The maximum atomic E-state index is 12.6. The molecule has 0 saturated carbocycles. The first-order valence-electron chi connectivity index (χ1n) is 10.4. The van der Waals surface area contributed by atoms with Crippen LogP contribution >= 0.6 is 0 Å². The van der Waals surface area contributed by atoms with E-state index < -0.39 is 25.3 Å². The fourth-order valence-electron chi connectivity index (χ4n) is 3.59. The van der Waals surface area contributed by atoms with E-state index in [2.05, 4.69) is 35.5 Å². The largest absolute Gasteiger partial charge is 0.390 e. The molecule has 0 bridgehead atoms. The van der Waals surface area contributed by atoms with Crippen molar-refractivity contribution in [1.82, 2.24) is 25.5 Å². The summed E-state index contributed by atoms with van der Waals surface area (Å²) in [6, 6.07) is 12.4. The topological polar surface area (TPSA) is 125 Å². The number of aliphatic hydroxyl groups excluding tert-OH is 1. The Kier molecular flexibility index (Phi) is 7.04. The zero-order chi connectivity index (χ0) is 24.1. The van der Waals surface area contributed by atoms with Crippen LogP contribution in [0.3, 0.4) is 0 Å². The number of halogens is 2. The summed E-state index contributed by atoms with van der Waals surface area (Å²) >= 11 is 0. The molecule has 11 heteroatoms. The highest BCUT2D eigenvalue weighted by molar-refractivity contribution is 5.97. The van der Waals surface area contributed by atoms with Crippen molar-refractivity contribution in [1.29, 1.82) is 0 Å². The molecule has 4 N–H and O–H groups in total. The van der Waals surface area contributed by atoms with E-state index in [0.29, 0.717) is 27.9 Å². The number of carbonyl (C=O) groups excluding carboxylic acids is 1. The Bertz CT molecular complexity index is 1280. The Morgan fingerprint density at radius 1 is 1.21 bits per heavy atom. The van der Waals surface area contributed by atoms with Crippen LogP contribution in [0.1, 0.15) is 23.0 Å². The van der Waals surface area contributed by atoms with Gasteiger partial charge in [-0.1, -0.05) is 30.3 Å². The van der Waals surface area contributed by atoms with Gasteiger partial charge in [0.2, 0.25) is 0 Å². The maximum Gasteiger partial charge on any atom is 0.345 e. The van der Waals surface area contributed by atoms with Gasteiger partial charge in [-0.2, -0.15) is 13.9 Å². The number of hydrogen-bond donors (Lipinski definition) is 4. The summed E-state index contributed by atoms with van der Waals surface area (Å²) in [5, 5.41) is 23.0. The number of nitrogens with one attached hydrogen (secondary N) is 3. The lowest BCUT2D eigenvalue weighted by Gasteiger charge is -2.19. The van der Waals surface area contributed by atoms with Gasteiger partial charge in [-0.25, -0.2) is 9.78 Å². The zero-order valence-electron chi connectivity index (χ0n) is 18.1. The average Bonchev–Trinajstić information content (AvgIpc) is 3.25. The monoisotopic (exact) mass is 468 g/mol. The number of carbonyl (C=O) groups is 1. The Balaban J connectivity index is 1.57. The molecule has 1 atom stereocenters. The van der Waals surface area contributed by atoms with Crippen molar-refractivity contribution in [3.05, 3.63) is 71.7 Å². The van der Waals surface area contributed by atoms with Gasteiger partial charge in [-0.05, 0) is 24.6 Å². The lowest BCUT2D eigenvalue weighted by molar-refractivity contribution is -0.133. The first kappa shape index (κ1) is 23.2. The smallest absolute Gasteiger partial charge is 0.345 e. The Morgan fingerprint density at radius 3 is 2.71 bits per heavy atom. The molecule has 2 amide bonds. The highest BCUT2D eigenvalue weighted by atomic mass is 19.3. The van der Waals surface area contributed by atoms with E-state index in [0.717, 1.165) is 11.3 Å². The number of hydrogen-bond acceptors (Lipinski definition) is 6. The third kappa shape index (κ3) is 5.33. The van der Waals surface area contributed by atoms with Gasteiger partial charge in [-0.15, -0.1) is 0 Å². The van der Waals surface area contributed by atoms with Crippen molar-refractivity contribution < 1.29 is 23.4 Å². The third-order valence-electron chi connectivity index (χ3n) is 5.08. The van der Waals surface area contributed by atoms with Gasteiger partial charge in [0.15, 0.2) is 0 Å². The SMILES string of the molecule is Cc1cc(-c2n[nH]c3cc(NC(=O)N[C@H](COC(F)F)c4ccccc4)nc(CO)c23)ccn1. The standard InChI is InChI=1S/C23H22F2N6O3/c1-13-9-15(7-8-26-13)21-20-16(30-31-21)10-19(27-17(20)11-32)29-23(33)28-18(12-34-22(24)25)14-5-3-2-4-6-14/h2-10,18,22,32H,11-12H2,1H3,(H,30,31)(H2,27,28,29,33)/t18-/m1/s1. The van der Waals surface area contributed by atoms with Crippen molar-refractivity contribution in [2.75, 3.05) is 11.9 Å². The fraction of sp³-hybridized carbons (Fsp3) is 0.217. The molecule has 1 aromatic carbocycles. The number of anilines is 1. The molecule has 0 unspecified atom stereocenters. The molecular formula is C23H22F2N6O3. The van der Waals surface area contributed by atoms with Gasteiger partial charge in [0, 0.05) is 23.5 Å². The molecule has 3 heterocycles. The minimum atomic E-state index is -2.97. The van der Waals surface area contributed by atoms with Crippen LogP contribution in [-0.4, -0.2) is 44.5 Å². The van der Waals surface area contributed by atoms with E-state index in [1.165, 1.54) is 0 Å². The van der Waals surface area contributed by atoms with E-state index in [1.54, 1.807) is 48.7 Å². The second-order valence-electron chi connectivity index (χ2n) is 7.45. The van der Waals surface area contributed by atoms with Crippen LogP contribution in [0.25, 0.3) is 22.2 Å². The second kappa shape index (κ2) is 10.3. The molecule has 34 heavy (non-hydrogen) atoms. The van der Waals surface area contributed by atoms with Gasteiger partial charge >= 0.3 is 12.6 Å². The fourth-order valence-corrected chi connectivity index (χ4v) is 3.59. The third-order valence-corrected chi connectivity index (χ3v) is 5.08. The number of aliphatic hydroxyl groups is 1. The van der Waals surface area contributed by atoms with Crippen molar-refractivity contribution in [2.45, 2.75) is 26.2 Å². The van der Waals surface area contributed by atoms with E-state index in [4.69, 9.17) is 0 Å². The van der Waals surface area contributed by atoms with Crippen LogP contribution in [0.5, 0.6) is 0 Å². The van der Waals surface area contributed by atoms with Crippen LogP contribution in [-0.2, 0) is 11.3 Å². The lowest BCUT2D eigenvalue weighted by atomic mass is 10.1. The lowest BCUT2D eigenvalue weighted by Crippen LogP contribution is -2.35. The van der Waals surface area contributed by atoms with Gasteiger partial charge < -0.3 is 15.2 Å². The molecule has 0 aliphatic rings. The number of amides is 2. The summed E-state index contributed by atoms with van der Waals surface area (Å²) < 4.78 is 29.6. The van der Waals surface area contributed by atoms with Crippen LogP contribution in [0.2, 0.25) is 0 Å². The number of urea groups is 1. The van der Waals surface area contributed by atoms with Gasteiger partial charge in [0.05, 0.1) is 35.9 Å². The molecule has 3 aromatic heterocycles. The predicted molar refractivity (Wildman–Crippen MR) is 121 cm³/mol. The first-order chi connectivity index (χ1) is 16.4. The Hall–Kier alpha value is -3.96. The summed E-state index contributed by atoms with van der Waals surface area (Å²) in [5.74, 6) is 0.150. The normalized spacial score (nSPS) is 12.1. The maximum absolute atomic E-state index is 12.6. The molecule has 0 aliphatic carbocycles. The van der Waals surface area contributed by atoms with Crippen molar-refractivity contribution in [2.24, 2.45) is 0 Å². The van der Waals surface area contributed by atoms with Crippen LogP contribution in [0.4, 0.5) is 19.4 Å². The van der Waals surface area contributed by atoms with Gasteiger partial charge in [-0.3, -0.25) is 15.4 Å². The van der Waals surface area contributed by atoms with Crippen LogP contribution in [0.15, 0.2) is 54.7 Å². The van der Waals surface area contributed by atoms with E-state index in [9.17, 15) is 18.7 Å². The Labute approximate surface area is 193 Å². The quantitative estimate of drug-likeness (QED) is 0.311. The summed E-state index contributed by atoms with van der Waals surface area (Å²) in [5.41, 5.74) is 3.68. The number of aromatic nitrogens is 4. The van der Waals surface area contributed by atoms with Crippen molar-refractivity contribution in [3.8, 4) is 11.3 Å². The molecular weight excluding hydrogens is 446 g/mol. The summed E-state index contributed by atoms with van der Waals surface area (Å²) in [6.45, 7) is -1.91. The van der Waals surface area contributed by atoms with Crippen LogP contribution < -0.4 is 10.6 Å². The van der Waals surface area contributed by atoms with Crippen molar-refractivity contribution in [3.63, 3.8) is 0 Å². The number of H-pyrrole nitrogens is 1. The minimum absolute atomic E-state index is 0.150. The summed E-state index contributed by atoms with van der Waals surface area (Å²) in [4.78, 5) is 21.2. The van der Waals surface area contributed by atoms with Gasteiger partial charge in [0.25, 0.3) is 0 Å². The number of ether oxygens (including phenoxy) is 1. The second-order valence-corrected chi connectivity index (χ2v) is 7.45. The average molecular weight is 468 g/mol. The number of rotatable bonds is 8. The predicted octanol–water partition coefficient (Wildman–Crippen LogP) is 3.92. The molecule has 0 fully saturated rings. The van der Waals surface area contributed by atoms with E-state index >= 15 is 0 Å². The molecule has 4 rings (SSSR count). The number of fused-ring (bicyclic) bond motifs is 1. The zero-order valence-corrected chi connectivity index (χ0v) is 18.1. The minimum Gasteiger partial charge on any atom is -0.390 e. The van der Waals surface area contributed by atoms with Crippen LogP contribution in [0, 0.1) is 6.92 Å². The summed E-state index contributed by atoms with van der Waals surface area (Å²) in [6.07, 6.45) is 1.67. The number of nitrogens with zero attached hydrogens (tertiary/aromatic N) is 3. The number of alkyl halides is 2.